The second-order valence-electron chi connectivity index (χ2n) is 16.2. The number of carbonyl (C=O) groups excluding carboxylic acids is 2. The Balaban J connectivity index is 1.80. The van der Waals surface area contributed by atoms with E-state index < -0.39 is 92.7 Å². The largest absolute Gasteiger partial charge is 0.462 e. The number of ether oxygens (including phenoxy) is 6. The number of aliphatic hydroxyl groups is 7. The fourth-order valence-corrected chi connectivity index (χ4v) is 6.99. The molecule has 0 aromatic heterocycles. The van der Waals surface area contributed by atoms with E-state index in [0.29, 0.717) is 12.8 Å². The number of hydrogen-bond acceptors (Lipinski definition) is 15. The van der Waals surface area contributed by atoms with Crippen molar-refractivity contribution in [1.82, 2.24) is 0 Å². The highest BCUT2D eigenvalue weighted by molar-refractivity contribution is 5.70. The second-order valence-corrected chi connectivity index (χ2v) is 16.2. The molecular formula is C46H80O15. The number of aliphatic hydroxyl groups excluding tert-OH is 7. The molecule has 11 unspecified atom stereocenters. The third kappa shape index (κ3) is 23.3. The van der Waals surface area contributed by atoms with Crippen molar-refractivity contribution >= 4 is 11.9 Å². The first kappa shape index (κ1) is 54.9. The predicted octanol–water partition coefficient (Wildman–Crippen LogP) is 4.98. The van der Waals surface area contributed by atoms with Gasteiger partial charge in [0.2, 0.25) is 0 Å². The summed E-state index contributed by atoms with van der Waals surface area (Å²) in [5, 5.41) is 71.7. The third-order valence-corrected chi connectivity index (χ3v) is 10.9. The molecule has 0 amide bonds. The van der Waals surface area contributed by atoms with Crippen molar-refractivity contribution in [3.05, 3.63) is 36.5 Å². The van der Waals surface area contributed by atoms with Crippen LogP contribution in [0.1, 0.15) is 149 Å². The minimum Gasteiger partial charge on any atom is -0.462 e. The maximum Gasteiger partial charge on any atom is 0.306 e. The van der Waals surface area contributed by atoms with Gasteiger partial charge in [-0.25, -0.2) is 0 Å². The van der Waals surface area contributed by atoms with Crippen LogP contribution in [0, 0.1) is 0 Å². The summed E-state index contributed by atoms with van der Waals surface area (Å²) in [6.45, 7) is 2.45. The molecule has 2 aliphatic heterocycles. The first-order chi connectivity index (χ1) is 29.5. The Labute approximate surface area is 364 Å². The smallest absolute Gasteiger partial charge is 0.306 e. The van der Waals surface area contributed by atoms with Gasteiger partial charge in [-0.05, 0) is 51.4 Å². The second kappa shape index (κ2) is 34.2. The molecule has 61 heavy (non-hydrogen) atoms. The van der Waals surface area contributed by atoms with Crippen LogP contribution in [0.25, 0.3) is 0 Å². The molecule has 2 aliphatic rings. The summed E-state index contributed by atoms with van der Waals surface area (Å²) in [5.41, 5.74) is 0. The van der Waals surface area contributed by atoms with Crippen molar-refractivity contribution in [3.63, 3.8) is 0 Å². The van der Waals surface area contributed by atoms with Crippen LogP contribution in [0.15, 0.2) is 36.5 Å². The average Bonchev–Trinajstić information content (AvgIpc) is 3.25. The lowest BCUT2D eigenvalue weighted by molar-refractivity contribution is -0.332. The number of esters is 2. The minimum atomic E-state index is -1.76. The number of carbonyl (C=O) groups is 2. The molecule has 0 aromatic rings. The van der Waals surface area contributed by atoms with Gasteiger partial charge in [-0.15, -0.1) is 0 Å². The van der Waals surface area contributed by atoms with Gasteiger partial charge in [0.15, 0.2) is 18.7 Å². The molecule has 2 saturated heterocycles. The van der Waals surface area contributed by atoms with Crippen LogP contribution < -0.4 is 0 Å². The summed E-state index contributed by atoms with van der Waals surface area (Å²) in [5.74, 6) is -0.952. The van der Waals surface area contributed by atoms with Crippen molar-refractivity contribution in [3.8, 4) is 0 Å². The molecule has 15 heteroatoms. The zero-order valence-electron chi connectivity index (χ0n) is 36.9. The first-order valence-corrected chi connectivity index (χ1v) is 23.1. The first-order valence-electron chi connectivity index (χ1n) is 23.1. The summed E-state index contributed by atoms with van der Waals surface area (Å²) in [7, 11) is 0. The van der Waals surface area contributed by atoms with E-state index in [9.17, 15) is 45.3 Å². The molecule has 7 N–H and O–H groups in total. The lowest BCUT2D eigenvalue weighted by atomic mass is 9.98. The van der Waals surface area contributed by atoms with E-state index in [-0.39, 0.29) is 26.1 Å². The highest BCUT2D eigenvalue weighted by Gasteiger charge is 2.47. The highest BCUT2D eigenvalue weighted by atomic mass is 16.7. The summed E-state index contributed by atoms with van der Waals surface area (Å²) >= 11 is 0. The summed E-state index contributed by atoms with van der Waals surface area (Å²) < 4.78 is 33.3. The number of unbranched alkanes of at least 4 members (excludes halogenated alkanes) is 14. The molecule has 15 nitrogen and oxygen atoms in total. The maximum atomic E-state index is 12.9. The van der Waals surface area contributed by atoms with Crippen LogP contribution in [0.3, 0.4) is 0 Å². The third-order valence-electron chi connectivity index (χ3n) is 10.9. The van der Waals surface area contributed by atoms with E-state index in [1.807, 2.05) is 0 Å². The molecule has 2 fully saturated rings. The van der Waals surface area contributed by atoms with Crippen LogP contribution in [0.2, 0.25) is 0 Å². The van der Waals surface area contributed by atoms with Crippen LogP contribution in [0.5, 0.6) is 0 Å². The van der Waals surface area contributed by atoms with Gasteiger partial charge in [-0.3, -0.25) is 9.59 Å². The topological polar surface area (TPSA) is 231 Å². The molecule has 0 radical (unpaired) electrons. The lowest BCUT2D eigenvalue weighted by Gasteiger charge is -2.42. The molecule has 0 saturated carbocycles. The van der Waals surface area contributed by atoms with Crippen LogP contribution in [-0.4, -0.2) is 142 Å². The molecule has 0 aromatic carbocycles. The number of allylic oxidation sites excluding steroid dienone is 6. The Morgan fingerprint density at radius 3 is 1.57 bits per heavy atom. The van der Waals surface area contributed by atoms with E-state index in [1.165, 1.54) is 25.7 Å². The normalized spacial score (nSPS) is 27.6. The molecule has 0 bridgehead atoms. The van der Waals surface area contributed by atoms with Gasteiger partial charge in [0, 0.05) is 12.8 Å². The molecule has 0 spiro atoms. The van der Waals surface area contributed by atoms with E-state index in [4.69, 9.17) is 28.4 Å². The van der Waals surface area contributed by atoms with Crippen LogP contribution in [0.4, 0.5) is 0 Å². The van der Waals surface area contributed by atoms with Gasteiger partial charge in [-0.1, -0.05) is 121 Å². The highest BCUT2D eigenvalue weighted by Crippen LogP contribution is 2.26. The van der Waals surface area contributed by atoms with E-state index in [0.717, 1.165) is 83.5 Å². The van der Waals surface area contributed by atoms with Crippen molar-refractivity contribution in [2.75, 3.05) is 26.4 Å². The molecule has 2 heterocycles. The SMILES string of the molecule is CCCCC/C=C\C/C=C\C/C=C\CCCCCCCCC(=O)OC(COC(=O)CCCCCCCC)COC1OC(COC2OC(CO)C(O)C(O)C2O)C(O)C(O)C1O. The van der Waals surface area contributed by atoms with Gasteiger partial charge < -0.3 is 64.2 Å². The lowest BCUT2D eigenvalue weighted by Crippen LogP contribution is -2.61. The van der Waals surface area contributed by atoms with Gasteiger partial charge >= 0.3 is 11.9 Å². The van der Waals surface area contributed by atoms with E-state index >= 15 is 0 Å². The Hall–Kier alpha value is -2.28. The van der Waals surface area contributed by atoms with Crippen molar-refractivity contribution in [1.29, 1.82) is 0 Å². The molecule has 354 valence electrons. The Kier molecular flexibility index (Phi) is 30.7. The van der Waals surface area contributed by atoms with Crippen LogP contribution in [-0.2, 0) is 38.0 Å². The molecule has 2 rings (SSSR count). The summed E-state index contributed by atoms with van der Waals surface area (Å²) in [6.07, 6.45) is 16.5. The maximum absolute atomic E-state index is 12.9. The van der Waals surface area contributed by atoms with Crippen LogP contribution >= 0.6 is 0 Å². The Morgan fingerprint density at radius 2 is 0.984 bits per heavy atom. The number of rotatable bonds is 34. The van der Waals surface area contributed by atoms with E-state index in [2.05, 4.69) is 50.3 Å². The average molecular weight is 873 g/mol. The molecule has 0 aliphatic carbocycles. The monoisotopic (exact) mass is 873 g/mol. The van der Waals surface area contributed by atoms with Crippen molar-refractivity contribution < 1.29 is 73.8 Å². The molecule has 11 atom stereocenters. The van der Waals surface area contributed by atoms with E-state index in [1.54, 1.807) is 0 Å². The summed E-state index contributed by atoms with van der Waals surface area (Å²) in [4.78, 5) is 25.4. The fraction of sp³-hybridized carbons (Fsp3) is 0.826. The minimum absolute atomic E-state index is 0.151. The zero-order valence-corrected chi connectivity index (χ0v) is 36.9. The molecular weight excluding hydrogens is 792 g/mol. The predicted molar refractivity (Wildman–Crippen MR) is 229 cm³/mol. The van der Waals surface area contributed by atoms with Crippen molar-refractivity contribution in [2.24, 2.45) is 0 Å². The Morgan fingerprint density at radius 1 is 0.525 bits per heavy atom. The van der Waals surface area contributed by atoms with Gasteiger partial charge in [0.25, 0.3) is 0 Å². The zero-order chi connectivity index (χ0) is 44.7. The fourth-order valence-electron chi connectivity index (χ4n) is 6.99. The van der Waals surface area contributed by atoms with Gasteiger partial charge in [0.05, 0.1) is 19.8 Å². The quantitative estimate of drug-likeness (QED) is 0.0257. The number of hydrogen-bond donors (Lipinski definition) is 7. The standard InChI is InChI=1S/C46H80O15/c1-3-5-7-9-11-12-13-14-15-16-17-18-19-20-21-22-23-25-27-29-38(49)59-34(31-56-37(48)28-26-24-10-8-6-4-2)32-57-45-44(55)42(53)40(51)36(61-45)33-58-46-43(54)41(52)39(50)35(30-47)60-46/h11-12,14-15,17-18,34-36,39-47,50-55H,3-10,13,16,19-33H2,1-2H3/b12-11-,15-14-,18-17-. The van der Waals surface area contributed by atoms with Crippen molar-refractivity contribution in [2.45, 2.75) is 216 Å². The van der Waals surface area contributed by atoms with Gasteiger partial charge in [-0.2, -0.15) is 0 Å². The van der Waals surface area contributed by atoms with Gasteiger partial charge in [0.1, 0.15) is 55.4 Å². The Bertz CT molecular complexity index is 1210. The summed E-state index contributed by atoms with van der Waals surface area (Å²) in [6, 6.07) is 0.